The molecule has 11 atom stereocenters. The molecule has 0 saturated heterocycles. The number of esters is 1. The number of fused-ring (bicyclic) bond motifs is 7. The number of rotatable bonds is 15. The van der Waals surface area contributed by atoms with Gasteiger partial charge >= 0.3 is 5.97 Å². The molecule has 0 heterocycles. The van der Waals surface area contributed by atoms with Crippen molar-refractivity contribution in [3.63, 3.8) is 0 Å². The van der Waals surface area contributed by atoms with Crippen molar-refractivity contribution in [3.8, 4) is 0 Å². The smallest absolute Gasteiger partial charge is 0.306 e. The van der Waals surface area contributed by atoms with Crippen LogP contribution in [0.2, 0.25) is 0 Å². The number of hydrogen-bond acceptors (Lipinski definition) is 3. The van der Waals surface area contributed by atoms with E-state index in [1.807, 2.05) is 0 Å². The van der Waals surface area contributed by atoms with Gasteiger partial charge in [0, 0.05) is 11.8 Å². The number of ether oxygens (including phenoxy) is 1. The summed E-state index contributed by atoms with van der Waals surface area (Å²) in [5.41, 5.74) is 2.24. The zero-order valence-corrected chi connectivity index (χ0v) is 33.9. The van der Waals surface area contributed by atoms with Crippen LogP contribution in [0.25, 0.3) is 0 Å². The first-order valence-electron chi connectivity index (χ1n) is 21.7. The number of allylic oxidation sites excluding steroid dienone is 2. The molecule has 49 heavy (non-hydrogen) atoms. The first-order chi connectivity index (χ1) is 23.2. The quantitative estimate of drug-likeness (QED) is 0.106. The number of aliphatic hydroxyl groups excluding tert-OH is 1. The van der Waals surface area contributed by atoms with E-state index in [0.29, 0.717) is 23.7 Å². The maximum atomic E-state index is 13.2. The van der Waals surface area contributed by atoms with Crippen molar-refractivity contribution in [2.24, 2.45) is 56.7 Å². The highest BCUT2D eigenvalue weighted by Crippen LogP contribution is 2.76. The van der Waals surface area contributed by atoms with Crippen molar-refractivity contribution in [1.82, 2.24) is 0 Å². The Morgan fingerprint density at radius 2 is 1.39 bits per heavy atom. The molecule has 4 saturated carbocycles. The first-order valence-corrected chi connectivity index (χ1v) is 21.7. The standard InChI is InChI=1S/C46H80O3/c1-10-11-12-13-14-15-16-17-18-19-20-21-22-23-39(48)49-38-27-29-44(7)37-25-24-35-40-34(3)33(2)26-28-43(40,6)30-31-45(35,8)46(37,9)32-36(47)41(44)42(38,4)5/h26,34-38,40-41,47H,10-25,27-32H2,1-9H3/t34-,35-,36-,37-,38-,40+,41-,43-,44-,45-,46-/m1/s1. The minimum Gasteiger partial charge on any atom is -0.462 e. The number of unbranched alkanes of at least 4 members (excludes halogenated alkanes) is 12. The van der Waals surface area contributed by atoms with Gasteiger partial charge in [0.25, 0.3) is 0 Å². The van der Waals surface area contributed by atoms with Crippen molar-refractivity contribution in [3.05, 3.63) is 11.6 Å². The molecule has 3 heteroatoms. The summed E-state index contributed by atoms with van der Waals surface area (Å²) < 4.78 is 6.36. The average molecular weight is 681 g/mol. The molecule has 0 aromatic carbocycles. The Hall–Kier alpha value is -0.830. The Bertz CT molecular complexity index is 1140. The van der Waals surface area contributed by atoms with Crippen molar-refractivity contribution in [2.45, 2.75) is 216 Å². The predicted octanol–water partition coefficient (Wildman–Crippen LogP) is 13.0. The van der Waals surface area contributed by atoms with Crippen LogP contribution in [0.3, 0.4) is 0 Å². The maximum absolute atomic E-state index is 13.2. The molecule has 5 aliphatic rings. The number of carbonyl (C=O) groups excluding carboxylic acids is 1. The highest BCUT2D eigenvalue weighted by molar-refractivity contribution is 5.69. The molecular weight excluding hydrogens is 601 g/mol. The van der Waals surface area contributed by atoms with E-state index in [9.17, 15) is 9.90 Å². The minimum absolute atomic E-state index is 0.0101. The summed E-state index contributed by atoms with van der Waals surface area (Å²) in [6, 6.07) is 0. The fourth-order valence-electron chi connectivity index (χ4n) is 14.1. The number of hydrogen-bond donors (Lipinski definition) is 1. The van der Waals surface area contributed by atoms with Gasteiger partial charge < -0.3 is 9.84 Å². The second-order valence-corrected chi connectivity index (χ2v) is 20.3. The zero-order valence-electron chi connectivity index (χ0n) is 33.9. The largest absolute Gasteiger partial charge is 0.462 e. The predicted molar refractivity (Wildman–Crippen MR) is 206 cm³/mol. The van der Waals surface area contributed by atoms with Gasteiger partial charge in [-0.3, -0.25) is 4.79 Å². The summed E-state index contributed by atoms with van der Waals surface area (Å²) in [7, 11) is 0. The highest BCUT2D eigenvalue weighted by Gasteiger charge is 2.71. The van der Waals surface area contributed by atoms with Crippen LogP contribution in [-0.2, 0) is 9.53 Å². The van der Waals surface area contributed by atoms with Crippen LogP contribution < -0.4 is 0 Å². The second-order valence-electron chi connectivity index (χ2n) is 20.3. The Morgan fingerprint density at radius 1 is 0.796 bits per heavy atom. The van der Waals surface area contributed by atoms with Crippen LogP contribution >= 0.6 is 0 Å². The van der Waals surface area contributed by atoms with Gasteiger partial charge in [0.15, 0.2) is 0 Å². The van der Waals surface area contributed by atoms with E-state index in [1.54, 1.807) is 5.57 Å². The summed E-state index contributed by atoms with van der Waals surface area (Å²) >= 11 is 0. The fourth-order valence-corrected chi connectivity index (χ4v) is 14.1. The molecule has 0 unspecified atom stereocenters. The van der Waals surface area contributed by atoms with E-state index in [-0.39, 0.29) is 45.8 Å². The van der Waals surface area contributed by atoms with Gasteiger partial charge in [0.05, 0.1) is 6.10 Å². The van der Waals surface area contributed by atoms with Crippen LogP contribution in [0.15, 0.2) is 11.6 Å². The first kappa shape index (κ1) is 39.4. The molecule has 0 aromatic rings. The van der Waals surface area contributed by atoms with Gasteiger partial charge in [-0.25, -0.2) is 0 Å². The fraction of sp³-hybridized carbons (Fsp3) is 0.935. The summed E-state index contributed by atoms with van der Waals surface area (Å²) in [5, 5.41) is 12.3. The third-order valence-electron chi connectivity index (χ3n) is 17.1. The molecule has 0 bridgehead atoms. The van der Waals surface area contributed by atoms with E-state index >= 15 is 0 Å². The molecule has 0 radical (unpaired) electrons. The summed E-state index contributed by atoms with van der Waals surface area (Å²) in [6.07, 6.45) is 29.1. The Balaban J connectivity index is 1.14. The van der Waals surface area contributed by atoms with Gasteiger partial charge in [0.1, 0.15) is 6.10 Å². The molecule has 0 aliphatic heterocycles. The van der Waals surface area contributed by atoms with Gasteiger partial charge in [-0.15, -0.1) is 0 Å². The second kappa shape index (κ2) is 15.6. The lowest BCUT2D eigenvalue weighted by Gasteiger charge is -2.74. The molecule has 4 fully saturated rings. The topological polar surface area (TPSA) is 46.5 Å². The highest BCUT2D eigenvalue weighted by atomic mass is 16.5. The summed E-state index contributed by atoms with van der Waals surface area (Å²) in [4.78, 5) is 13.2. The maximum Gasteiger partial charge on any atom is 0.306 e. The van der Waals surface area contributed by atoms with Crippen LogP contribution in [0.4, 0.5) is 0 Å². The van der Waals surface area contributed by atoms with Crippen molar-refractivity contribution in [1.29, 1.82) is 0 Å². The Labute approximate surface area is 304 Å². The number of aliphatic hydroxyl groups is 1. The van der Waals surface area contributed by atoms with E-state index in [0.717, 1.165) is 43.9 Å². The Kier molecular flexibility index (Phi) is 12.6. The molecule has 5 aliphatic carbocycles. The summed E-state index contributed by atoms with van der Waals surface area (Å²) in [5.74, 6) is 2.89. The average Bonchev–Trinajstić information content (AvgIpc) is 3.03. The lowest BCUT2D eigenvalue weighted by molar-refractivity contribution is -0.278. The minimum atomic E-state index is -0.349. The molecule has 0 aromatic heterocycles. The third kappa shape index (κ3) is 7.38. The monoisotopic (exact) mass is 681 g/mol. The van der Waals surface area contributed by atoms with Crippen LogP contribution in [0, 0.1) is 56.7 Å². The molecule has 0 spiro atoms. The summed E-state index contributed by atoms with van der Waals surface area (Å²) in [6.45, 7) is 22.2. The van der Waals surface area contributed by atoms with Crippen LogP contribution in [0.1, 0.15) is 204 Å². The van der Waals surface area contributed by atoms with E-state index in [2.05, 4.69) is 68.4 Å². The molecule has 282 valence electrons. The van der Waals surface area contributed by atoms with E-state index in [4.69, 9.17) is 4.74 Å². The van der Waals surface area contributed by atoms with E-state index in [1.165, 1.54) is 103 Å². The lowest BCUT2D eigenvalue weighted by atomic mass is 9.31. The van der Waals surface area contributed by atoms with Gasteiger partial charge in [-0.1, -0.05) is 144 Å². The van der Waals surface area contributed by atoms with Crippen molar-refractivity contribution in [2.75, 3.05) is 0 Å². The molecule has 3 nitrogen and oxygen atoms in total. The SMILES string of the molecule is CCCCCCCCCCCCCCCC(=O)O[C@@H]1CC[C@@]2(C)[C@H]([C@H](O)C[C@]3(C)[C@@H]2CC[C@@H]2[C@@H]4[C@H](C)C(C)=CC[C@]4(C)CC[C@]23C)C1(C)C. The van der Waals surface area contributed by atoms with Crippen LogP contribution in [0.5, 0.6) is 0 Å². The molecule has 5 rings (SSSR count). The van der Waals surface area contributed by atoms with Gasteiger partial charge in [-0.05, 0) is 116 Å². The van der Waals surface area contributed by atoms with Gasteiger partial charge in [0.2, 0.25) is 0 Å². The normalized spacial score (nSPS) is 42.7. The third-order valence-corrected chi connectivity index (χ3v) is 17.1. The Morgan fingerprint density at radius 3 is 2.00 bits per heavy atom. The van der Waals surface area contributed by atoms with Crippen LogP contribution in [-0.4, -0.2) is 23.3 Å². The molecular formula is C46H80O3. The van der Waals surface area contributed by atoms with Gasteiger partial charge in [-0.2, -0.15) is 0 Å². The van der Waals surface area contributed by atoms with Crippen molar-refractivity contribution < 1.29 is 14.6 Å². The molecule has 0 amide bonds. The van der Waals surface area contributed by atoms with E-state index < -0.39 is 0 Å². The molecule has 1 N–H and O–H groups in total. The number of carbonyl (C=O) groups is 1. The van der Waals surface area contributed by atoms with Crippen molar-refractivity contribution >= 4 is 5.97 Å². The lowest BCUT2D eigenvalue weighted by Crippen LogP contribution is -2.70. The zero-order chi connectivity index (χ0) is 35.7.